The summed E-state index contributed by atoms with van der Waals surface area (Å²) in [5, 5.41) is 3.42. The molecule has 1 aromatic rings. The molecule has 0 aliphatic heterocycles. The first-order chi connectivity index (χ1) is 10.1. The average Bonchev–Trinajstić information content (AvgIpc) is 2.88. The van der Waals surface area contributed by atoms with E-state index in [-0.39, 0.29) is 0 Å². The zero-order valence-electron chi connectivity index (χ0n) is 13.6. The molecule has 1 N–H and O–H groups in total. The first-order valence-corrected chi connectivity index (χ1v) is 8.15. The Labute approximate surface area is 128 Å². The summed E-state index contributed by atoms with van der Waals surface area (Å²) in [7, 11) is 0. The van der Waals surface area contributed by atoms with Gasteiger partial charge in [-0.3, -0.25) is 0 Å². The Morgan fingerprint density at radius 3 is 2.90 bits per heavy atom. The number of nitrogens with one attached hydrogen (secondary N) is 1. The van der Waals surface area contributed by atoms with Crippen molar-refractivity contribution < 1.29 is 9.15 Å². The van der Waals surface area contributed by atoms with Crippen LogP contribution in [0.5, 0.6) is 0 Å². The van der Waals surface area contributed by atoms with E-state index in [1.54, 1.807) is 0 Å². The molecule has 1 heterocycles. The summed E-state index contributed by atoms with van der Waals surface area (Å²) in [5.74, 6) is 2.97. The predicted molar refractivity (Wildman–Crippen MR) is 85.9 cm³/mol. The lowest BCUT2D eigenvalue weighted by molar-refractivity contribution is 0.0583. The maximum atomic E-state index is 5.84. The number of ether oxygens (including phenoxy) is 1. The molecule has 2 atom stereocenters. The molecular weight excluding hydrogens is 262 g/mol. The maximum absolute atomic E-state index is 5.84. The third-order valence-corrected chi connectivity index (χ3v) is 4.08. The average molecular weight is 291 g/mol. The summed E-state index contributed by atoms with van der Waals surface area (Å²) in [5.41, 5.74) is 1.20. The van der Waals surface area contributed by atoms with Gasteiger partial charge < -0.3 is 14.5 Å². The Morgan fingerprint density at radius 2 is 2.14 bits per heavy atom. The van der Waals surface area contributed by atoms with E-state index in [0.717, 1.165) is 37.8 Å². The van der Waals surface area contributed by atoms with Gasteiger partial charge in [0.25, 0.3) is 0 Å². The number of furan rings is 1. The second kappa shape index (κ2) is 8.40. The molecule has 118 valence electrons. The van der Waals surface area contributed by atoms with Gasteiger partial charge in [0, 0.05) is 12.1 Å². The molecular formula is C18H29NO2. The predicted octanol–water partition coefficient (Wildman–Crippen LogP) is 4.14. The smallest absolute Gasteiger partial charge is 0.129 e. The molecule has 0 saturated carbocycles. The van der Waals surface area contributed by atoms with Crippen LogP contribution in [0.15, 0.2) is 28.9 Å². The van der Waals surface area contributed by atoms with E-state index in [9.17, 15) is 0 Å². The van der Waals surface area contributed by atoms with Gasteiger partial charge in [0.05, 0.1) is 12.9 Å². The van der Waals surface area contributed by atoms with Crippen LogP contribution in [0.2, 0.25) is 0 Å². The third kappa shape index (κ3) is 5.68. The lowest BCUT2D eigenvalue weighted by atomic mass is 9.85. The molecule has 0 aromatic carbocycles. The van der Waals surface area contributed by atoms with Gasteiger partial charge in [-0.25, -0.2) is 0 Å². The summed E-state index contributed by atoms with van der Waals surface area (Å²) < 4.78 is 11.4. The molecule has 0 radical (unpaired) electrons. The maximum Gasteiger partial charge on any atom is 0.129 e. The van der Waals surface area contributed by atoms with Gasteiger partial charge in [0.1, 0.15) is 12.4 Å². The Balaban J connectivity index is 1.67. The van der Waals surface area contributed by atoms with E-state index in [4.69, 9.17) is 9.15 Å². The molecule has 0 bridgehead atoms. The highest BCUT2D eigenvalue weighted by atomic mass is 16.5. The molecule has 3 nitrogen and oxygen atoms in total. The molecule has 2 rings (SSSR count). The fourth-order valence-electron chi connectivity index (χ4n) is 2.65. The van der Waals surface area contributed by atoms with Crippen LogP contribution in [0.25, 0.3) is 0 Å². The molecule has 1 aromatic heterocycles. The normalized spacial score (nSPS) is 22.1. The zero-order valence-corrected chi connectivity index (χ0v) is 13.6. The molecule has 0 saturated heterocycles. The second-order valence-electron chi connectivity index (χ2n) is 6.64. The molecule has 21 heavy (non-hydrogen) atoms. The van der Waals surface area contributed by atoms with E-state index in [2.05, 4.69) is 44.3 Å². The van der Waals surface area contributed by atoms with Crippen LogP contribution in [0.3, 0.4) is 0 Å². The summed E-state index contributed by atoms with van der Waals surface area (Å²) >= 11 is 0. The first-order valence-electron chi connectivity index (χ1n) is 8.15. The van der Waals surface area contributed by atoms with Crippen LogP contribution in [0.4, 0.5) is 0 Å². The monoisotopic (exact) mass is 291 g/mol. The number of hydrogen-bond donors (Lipinski definition) is 1. The molecule has 0 amide bonds. The zero-order chi connectivity index (χ0) is 15.1. The molecule has 3 heteroatoms. The van der Waals surface area contributed by atoms with Gasteiger partial charge in [-0.05, 0) is 43.2 Å². The molecule has 1 aliphatic rings. The Kier molecular flexibility index (Phi) is 6.52. The fourth-order valence-corrected chi connectivity index (χ4v) is 2.65. The van der Waals surface area contributed by atoms with Crippen LogP contribution in [-0.4, -0.2) is 13.2 Å². The van der Waals surface area contributed by atoms with Crippen LogP contribution in [0.1, 0.15) is 44.9 Å². The van der Waals surface area contributed by atoms with Gasteiger partial charge >= 0.3 is 0 Å². The second-order valence-corrected chi connectivity index (χ2v) is 6.64. The molecule has 0 spiro atoms. The van der Waals surface area contributed by atoms with Gasteiger partial charge in [0.2, 0.25) is 0 Å². The quantitative estimate of drug-likeness (QED) is 0.731. The van der Waals surface area contributed by atoms with Crippen molar-refractivity contribution in [1.82, 2.24) is 5.32 Å². The Bertz CT molecular complexity index is 436. The standard InChI is InChI=1S/C18H29NO2/c1-14(2)9-19-10-16-8-18(21-11-16)13-20-12-17-7-5-4-6-15(17)3/h4-5,8,11,14-15,17,19H,6-7,9-10,12-13H2,1-3H3. The minimum Gasteiger partial charge on any atom is -0.467 e. The highest BCUT2D eigenvalue weighted by Gasteiger charge is 2.18. The van der Waals surface area contributed by atoms with Crippen molar-refractivity contribution in [1.29, 1.82) is 0 Å². The van der Waals surface area contributed by atoms with Gasteiger partial charge in [-0.15, -0.1) is 0 Å². The SMILES string of the molecule is CC(C)CNCc1coc(COCC2CC=CCC2C)c1. The van der Waals surface area contributed by atoms with E-state index < -0.39 is 0 Å². The minimum absolute atomic E-state index is 0.580. The third-order valence-electron chi connectivity index (χ3n) is 4.08. The van der Waals surface area contributed by atoms with Crippen molar-refractivity contribution in [2.75, 3.05) is 13.2 Å². The molecule has 1 aliphatic carbocycles. The highest BCUT2D eigenvalue weighted by molar-refractivity contribution is 5.12. The Hall–Kier alpha value is -1.06. The van der Waals surface area contributed by atoms with Crippen molar-refractivity contribution >= 4 is 0 Å². The first kappa shape index (κ1) is 16.3. The lowest BCUT2D eigenvalue weighted by Gasteiger charge is -2.24. The van der Waals surface area contributed by atoms with E-state index in [1.165, 1.54) is 12.0 Å². The van der Waals surface area contributed by atoms with Crippen LogP contribution < -0.4 is 5.32 Å². The van der Waals surface area contributed by atoms with Crippen LogP contribution in [0, 0.1) is 17.8 Å². The van der Waals surface area contributed by atoms with Crippen molar-refractivity contribution in [3.63, 3.8) is 0 Å². The van der Waals surface area contributed by atoms with Crippen molar-refractivity contribution in [3.05, 3.63) is 35.8 Å². The largest absolute Gasteiger partial charge is 0.467 e. The van der Waals surface area contributed by atoms with Crippen molar-refractivity contribution in [3.8, 4) is 0 Å². The lowest BCUT2D eigenvalue weighted by Crippen LogP contribution is -2.19. The van der Waals surface area contributed by atoms with Crippen LogP contribution >= 0.6 is 0 Å². The summed E-state index contributed by atoms with van der Waals surface area (Å²) in [6.07, 6.45) is 8.71. The number of hydrogen-bond acceptors (Lipinski definition) is 3. The molecule has 2 unspecified atom stereocenters. The minimum atomic E-state index is 0.580. The highest BCUT2D eigenvalue weighted by Crippen LogP contribution is 2.25. The van der Waals surface area contributed by atoms with E-state index >= 15 is 0 Å². The van der Waals surface area contributed by atoms with Gasteiger partial charge in [-0.1, -0.05) is 32.9 Å². The van der Waals surface area contributed by atoms with E-state index in [1.807, 2.05) is 6.26 Å². The van der Waals surface area contributed by atoms with Crippen molar-refractivity contribution in [2.45, 2.75) is 46.8 Å². The van der Waals surface area contributed by atoms with Gasteiger partial charge in [0.15, 0.2) is 0 Å². The number of allylic oxidation sites excluding steroid dienone is 2. The van der Waals surface area contributed by atoms with Crippen molar-refractivity contribution in [2.24, 2.45) is 17.8 Å². The fraction of sp³-hybridized carbons (Fsp3) is 0.667. The van der Waals surface area contributed by atoms with E-state index in [0.29, 0.717) is 18.4 Å². The Morgan fingerprint density at radius 1 is 1.33 bits per heavy atom. The molecule has 0 fully saturated rings. The summed E-state index contributed by atoms with van der Waals surface area (Å²) in [4.78, 5) is 0. The topological polar surface area (TPSA) is 34.4 Å². The summed E-state index contributed by atoms with van der Waals surface area (Å²) in [6.45, 7) is 10.0. The summed E-state index contributed by atoms with van der Waals surface area (Å²) in [6, 6.07) is 2.09. The van der Waals surface area contributed by atoms with Gasteiger partial charge in [-0.2, -0.15) is 0 Å². The number of rotatable bonds is 8. The van der Waals surface area contributed by atoms with Crippen LogP contribution in [-0.2, 0) is 17.9 Å².